The van der Waals surface area contributed by atoms with Gasteiger partial charge in [-0.2, -0.15) is 4.72 Å². The predicted molar refractivity (Wildman–Crippen MR) is 96.7 cm³/mol. The number of fused-ring (bicyclic) bond motifs is 1. The molecular formula is C17H19F2N3O2S2. The van der Waals surface area contributed by atoms with Gasteiger partial charge in [-0.25, -0.2) is 17.2 Å². The topological polar surface area (TPSA) is 61.4 Å². The Hall–Kier alpha value is -1.55. The third-order valence-corrected chi connectivity index (χ3v) is 7.49. The van der Waals surface area contributed by atoms with Crippen LogP contribution in [0.3, 0.4) is 0 Å². The molecule has 0 radical (unpaired) electrons. The van der Waals surface area contributed by atoms with Crippen LogP contribution in [0, 0.1) is 11.6 Å². The molecule has 2 aliphatic rings. The van der Waals surface area contributed by atoms with E-state index in [9.17, 15) is 17.2 Å². The monoisotopic (exact) mass is 399 g/mol. The number of benzene rings is 1. The van der Waals surface area contributed by atoms with Crippen molar-refractivity contribution in [2.45, 2.75) is 29.8 Å². The summed E-state index contributed by atoms with van der Waals surface area (Å²) in [7, 11) is -4.03. The number of rotatable bonds is 3. The summed E-state index contributed by atoms with van der Waals surface area (Å²) >= 11 is 1.73. The van der Waals surface area contributed by atoms with E-state index in [0.717, 1.165) is 19.0 Å². The van der Waals surface area contributed by atoms with Crippen LogP contribution in [-0.2, 0) is 16.4 Å². The van der Waals surface area contributed by atoms with E-state index in [1.54, 1.807) is 11.3 Å². The molecule has 1 fully saturated rings. The Morgan fingerprint density at radius 3 is 2.69 bits per heavy atom. The van der Waals surface area contributed by atoms with Gasteiger partial charge in [0.05, 0.1) is 5.69 Å². The minimum atomic E-state index is -4.03. The lowest BCUT2D eigenvalue weighted by atomic mass is 9.97. The fraction of sp³-hybridized carbons (Fsp3) is 0.412. The summed E-state index contributed by atoms with van der Waals surface area (Å²) in [4.78, 5) is 3.09. The Kier molecular flexibility index (Phi) is 4.50. The number of nitrogens with zero attached hydrogens (tertiary/aromatic N) is 1. The quantitative estimate of drug-likeness (QED) is 0.833. The Morgan fingerprint density at radius 2 is 2.00 bits per heavy atom. The van der Waals surface area contributed by atoms with Crippen molar-refractivity contribution in [2.75, 3.05) is 25.0 Å². The van der Waals surface area contributed by atoms with Crippen LogP contribution in [0.15, 0.2) is 34.5 Å². The second-order valence-electron chi connectivity index (χ2n) is 6.75. The number of nitrogens with one attached hydrogen (secondary N) is 2. The number of halogens is 2. The molecule has 140 valence electrons. The Bertz CT molecular complexity index is 908. The van der Waals surface area contributed by atoms with Crippen molar-refractivity contribution in [2.24, 2.45) is 0 Å². The van der Waals surface area contributed by atoms with Crippen LogP contribution in [0.25, 0.3) is 0 Å². The van der Waals surface area contributed by atoms with Crippen LogP contribution in [-0.4, -0.2) is 38.6 Å². The summed E-state index contributed by atoms with van der Waals surface area (Å²) < 4.78 is 55.2. The van der Waals surface area contributed by atoms with Crippen LogP contribution in [0.5, 0.6) is 0 Å². The minimum absolute atomic E-state index is 0.00622. The standard InChI is InChI=1S/C17H19F2N3O2S2/c18-12-10-14(19)16-15(11-12)20-17(21-26(16,23)24)4-7-22(8-5-17)6-3-13-2-1-9-25-13/h1-2,9-11,20-21H,3-8H2. The lowest BCUT2D eigenvalue weighted by Crippen LogP contribution is -2.62. The maximum Gasteiger partial charge on any atom is 0.247 e. The van der Waals surface area contributed by atoms with Crippen molar-refractivity contribution in [3.05, 3.63) is 46.2 Å². The Labute approximate surface area is 155 Å². The number of anilines is 1. The second-order valence-corrected chi connectivity index (χ2v) is 9.40. The summed E-state index contributed by atoms with van der Waals surface area (Å²) in [6.07, 6.45) is 2.01. The molecule has 0 atom stereocenters. The highest BCUT2D eigenvalue weighted by atomic mass is 32.2. The van der Waals surface area contributed by atoms with Gasteiger partial charge < -0.3 is 10.2 Å². The average Bonchev–Trinajstić information content (AvgIpc) is 3.05. The van der Waals surface area contributed by atoms with Crippen molar-refractivity contribution in [3.8, 4) is 0 Å². The van der Waals surface area contributed by atoms with Crippen LogP contribution in [0.2, 0.25) is 0 Å². The van der Waals surface area contributed by atoms with E-state index < -0.39 is 32.2 Å². The smallest absolute Gasteiger partial charge is 0.247 e. The van der Waals surface area contributed by atoms with Gasteiger partial charge in [-0.1, -0.05) is 6.07 Å². The molecule has 26 heavy (non-hydrogen) atoms. The van der Waals surface area contributed by atoms with E-state index in [1.807, 2.05) is 6.07 Å². The third-order valence-electron chi connectivity index (χ3n) is 4.94. The zero-order chi connectivity index (χ0) is 18.4. The molecule has 9 heteroatoms. The van der Waals surface area contributed by atoms with Gasteiger partial charge in [0.1, 0.15) is 22.2 Å². The summed E-state index contributed by atoms with van der Waals surface area (Å²) in [6.45, 7) is 2.31. The van der Waals surface area contributed by atoms with Gasteiger partial charge in [0.2, 0.25) is 10.0 Å². The Morgan fingerprint density at radius 1 is 1.23 bits per heavy atom. The van der Waals surface area contributed by atoms with E-state index in [1.165, 1.54) is 4.88 Å². The molecule has 0 saturated carbocycles. The Balaban J connectivity index is 1.49. The van der Waals surface area contributed by atoms with Gasteiger partial charge in [0, 0.05) is 30.6 Å². The van der Waals surface area contributed by atoms with Gasteiger partial charge >= 0.3 is 0 Å². The first-order valence-electron chi connectivity index (χ1n) is 8.43. The summed E-state index contributed by atoms with van der Waals surface area (Å²) in [5.41, 5.74) is -0.904. The predicted octanol–water partition coefficient (Wildman–Crippen LogP) is 2.76. The number of hydrogen-bond donors (Lipinski definition) is 2. The molecule has 4 rings (SSSR count). The number of hydrogen-bond acceptors (Lipinski definition) is 5. The first-order valence-corrected chi connectivity index (χ1v) is 10.8. The molecule has 0 unspecified atom stereocenters. The second kappa shape index (κ2) is 6.56. The number of piperidine rings is 1. The molecular weight excluding hydrogens is 380 g/mol. The first-order chi connectivity index (χ1) is 12.4. The van der Waals surface area contributed by atoms with Crippen molar-refractivity contribution in [1.82, 2.24) is 9.62 Å². The molecule has 2 aliphatic heterocycles. The molecule has 1 saturated heterocycles. The molecule has 1 aromatic carbocycles. The molecule has 0 aliphatic carbocycles. The first kappa shape index (κ1) is 17.8. The van der Waals surface area contributed by atoms with Crippen molar-refractivity contribution in [3.63, 3.8) is 0 Å². The zero-order valence-corrected chi connectivity index (χ0v) is 15.6. The molecule has 3 heterocycles. The van der Waals surface area contributed by atoms with Gasteiger partial charge in [-0.15, -0.1) is 11.3 Å². The summed E-state index contributed by atoms with van der Waals surface area (Å²) in [5, 5.41) is 5.10. The van der Waals surface area contributed by atoms with E-state index >= 15 is 0 Å². The van der Waals surface area contributed by atoms with E-state index in [4.69, 9.17) is 0 Å². The molecule has 0 amide bonds. The highest BCUT2D eigenvalue weighted by molar-refractivity contribution is 7.89. The van der Waals surface area contributed by atoms with Crippen molar-refractivity contribution >= 4 is 27.0 Å². The van der Waals surface area contributed by atoms with Crippen molar-refractivity contribution < 1.29 is 17.2 Å². The van der Waals surface area contributed by atoms with Gasteiger partial charge in [-0.05, 0) is 36.8 Å². The molecule has 0 bridgehead atoms. The molecule has 1 aromatic heterocycles. The number of likely N-dealkylation sites (tertiary alicyclic amines) is 1. The molecule has 2 N–H and O–H groups in total. The number of thiophene rings is 1. The van der Waals surface area contributed by atoms with E-state index in [2.05, 4.69) is 26.4 Å². The van der Waals surface area contributed by atoms with Crippen LogP contribution in [0.1, 0.15) is 17.7 Å². The van der Waals surface area contributed by atoms with Crippen molar-refractivity contribution in [1.29, 1.82) is 0 Å². The fourth-order valence-electron chi connectivity index (χ4n) is 3.63. The van der Waals surface area contributed by atoms with Gasteiger partial charge in [0.15, 0.2) is 0 Å². The normalized spacial score (nSPS) is 21.3. The van der Waals surface area contributed by atoms with Crippen LogP contribution < -0.4 is 10.0 Å². The summed E-state index contributed by atoms with van der Waals surface area (Å²) in [6, 6.07) is 5.77. The summed E-state index contributed by atoms with van der Waals surface area (Å²) in [5.74, 6) is -1.88. The average molecular weight is 399 g/mol. The van der Waals surface area contributed by atoms with Gasteiger partial charge in [0.25, 0.3) is 0 Å². The van der Waals surface area contributed by atoms with E-state index in [0.29, 0.717) is 32.0 Å². The van der Waals surface area contributed by atoms with E-state index in [-0.39, 0.29) is 5.69 Å². The van der Waals surface area contributed by atoms with Crippen LogP contribution >= 0.6 is 11.3 Å². The number of sulfonamides is 1. The SMILES string of the molecule is O=S1(=O)NC2(CCN(CCc3cccs3)CC2)Nc2cc(F)cc(F)c21. The molecule has 2 aromatic rings. The largest absolute Gasteiger partial charge is 0.365 e. The lowest BCUT2D eigenvalue weighted by Gasteiger charge is -2.45. The highest BCUT2D eigenvalue weighted by Crippen LogP contribution is 2.36. The zero-order valence-electron chi connectivity index (χ0n) is 14.0. The maximum atomic E-state index is 14.0. The lowest BCUT2D eigenvalue weighted by molar-refractivity contribution is 0.166. The van der Waals surface area contributed by atoms with Gasteiger partial charge in [-0.3, -0.25) is 0 Å². The molecule has 1 spiro atoms. The third kappa shape index (κ3) is 3.36. The van der Waals surface area contributed by atoms with Crippen LogP contribution in [0.4, 0.5) is 14.5 Å². The maximum absolute atomic E-state index is 14.0. The highest BCUT2D eigenvalue weighted by Gasteiger charge is 2.44. The fourth-order valence-corrected chi connectivity index (χ4v) is 5.91. The minimum Gasteiger partial charge on any atom is -0.365 e. The molecule has 5 nitrogen and oxygen atoms in total.